The molecule has 0 aliphatic carbocycles. The van der Waals surface area contributed by atoms with Crippen LogP contribution in [0.2, 0.25) is 0 Å². The Balaban J connectivity index is 0. The second kappa shape index (κ2) is 9.37. The van der Waals surface area contributed by atoms with Gasteiger partial charge in [0.25, 0.3) is 0 Å². The summed E-state index contributed by atoms with van der Waals surface area (Å²) < 4.78 is 0. The zero-order chi connectivity index (χ0) is 4.12. The van der Waals surface area contributed by atoms with Crippen LogP contribution in [0, 0.1) is 6.92 Å². The first-order valence-electron chi connectivity index (χ1n) is 1.48. The summed E-state index contributed by atoms with van der Waals surface area (Å²) in [5, 5.41) is 0. The molecular formula is C5H7K. The average molecular weight is 106 g/mol. The topological polar surface area (TPSA) is 0 Å². The SMILES string of the molecule is C=CC=C[CH2-].[K+]. The Morgan fingerprint density at radius 3 is 2.00 bits per heavy atom. The summed E-state index contributed by atoms with van der Waals surface area (Å²) in [6.07, 6.45) is 5.15. The normalized spacial score (nSPS) is 7.33. The molecule has 0 unspecified atom stereocenters. The molecule has 0 aliphatic rings. The first-order chi connectivity index (χ1) is 2.41. The summed E-state index contributed by atoms with van der Waals surface area (Å²) in [5.74, 6) is 0. The van der Waals surface area contributed by atoms with Crippen molar-refractivity contribution >= 4 is 0 Å². The first kappa shape index (κ1) is 10.1. The van der Waals surface area contributed by atoms with Crippen molar-refractivity contribution < 1.29 is 51.4 Å². The molecule has 0 saturated heterocycles. The van der Waals surface area contributed by atoms with Crippen LogP contribution in [0.4, 0.5) is 0 Å². The molecule has 0 atom stereocenters. The predicted molar refractivity (Wildman–Crippen MR) is 24.7 cm³/mol. The van der Waals surface area contributed by atoms with Crippen LogP contribution < -0.4 is 51.4 Å². The Kier molecular flexibility index (Phi) is 15.7. The van der Waals surface area contributed by atoms with Gasteiger partial charge in [0, 0.05) is 0 Å². The van der Waals surface area contributed by atoms with Gasteiger partial charge in [-0.15, -0.1) is 6.58 Å². The fraction of sp³-hybridized carbons (Fsp3) is 0. The molecule has 0 spiro atoms. The van der Waals surface area contributed by atoms with E-state index in [1.54, 1.807) is 18.2 Å². The van der Waals surface area contributed by atoms with E-state index in [0.29, 0.717) is 0 Å². The minimum Gasteiger partial charge on any atom is -0.245 e. The Hall–Kier alpha value is 0.986. The second-order valence-corrected chi connectivity index (χ2v) is 0.664. The zero-order valence-corrected chi connectivity index (χ0v) is 7.27. The molecule has 1 heteroatoms. The summed E-state index contributed by atoms with van der Waals surface area (Å²) in [4.78, 5) is 0. The van der Waals surface area contributed by atoms with Gasteiger partial charge in [0.1, 0.15) is 0 Å². The van der Waals surface area contributed by atoms with Crippen LogP contribution in [0.3, 0.4) is 0 Å². The van der Waals surface area contributed by atoms with Crippen molar-refractivity contribution in [1.29, 1.82) is 0 Å². The molecule has 28 valence electrons. The van der Waals surface area contributed by atoms with E-state index >= 15 is 0 Å². The van der Waals surface area contributed by atoms with Crippen LogP contribution in [0.5, 0.6) is 0 Å². The average Bonchev–Trinajstić information content (AvgIpc) is 1.41. The fourth-order valence-electron chi connectivity index (χ4n) is 0.0962. The van der Waals surface area contributed by atoms with Crippen LogP contribution in [0.25, 0.3) is 0 Å². The van der Waals surface area contributed by atoms with Gasteiger partial charge in [-0.1, -0.05) is 0 Å². The van der Waals surface area contributed by atoms with Crippen molar-refractivity contribution in [3.8, 4) is 0 Å². The van der Waals surface area contributed by atoms with Gasteiger partial charge in [0.05, 0.1) is 0 Å². The largest absolute Gasteiger partial charge is 1.00 e. The van der Waals surface area contributed by atoms with Gasteiger partial charge in [0.2, 0.25) is 0 Å². The Morgan fingerprint density at radius 2 is 2.00 bits per heavy atom. The van der Waals surface area contributed by atoms with E-state index in [1.807, 2.05) is 0 Å². The van der Waals surface area contributed by atoms with Crippen molar-refractivity contribution in [2.24, 2.45) is 0 Å². The molecule has 0 saturated carbocycles. The van der Waals surface area contributed by atoms with Crippen LogP contribution in [0.15, 0.2) is 24.8 Å². The molecule has 0 N–H and O–H groups in total. The van der Waals surface area contributed by atoms with Crippen LogP contribution in [0.1, 0.15) is 0 Å². The molecule has 0 fully saturated rings. The predicted octanol–water partition coefficient (Wildman–Crippen LogP) is -1.43. The summed E-state index contributed by atoms with van der Waals surface area (Å²) in [6.45, 7) is 6.85. The maximum atomic E-state index is 3.42. The summed E-state index contributed by atoms with van der Waals surface area (Å²) >= 11 is 0. The molecular weight excluding hydrogens is 99.2 g/mol. The monoisotopic (exact) mass is 106 g/mol. The molecule has 0 amide bonds. The van der Waals surface area contributed by atoms with Gasteiger partial charge >= 0.3 is 51.4 Å². The molecule has 6 heavy (non-hydrogen) atoms. The van der Waals surface area contributed by atoms with E-state index in [2.05, 4.69) is 13.5 Å². The Bertz CT molecular complexity index is 45.9. The van der Waals surface area contributed by atoms with E-state index in [9.17, 15) is 0 Å². The van der Waals surface area contributed by atoms with Crippen molar-refractivity contribution in [1.82, 2.24) is 0 Å². The Morgan fingerprint density at radius 1 is 1.50 bits per heavy atom. The summed E-state index contributed by atoms with van der Waals surface area (Å²) in [7, 11) is 0. The molecule has 0 aromatic carbocycles. The molecule has 0 rings (SSSR count). The van der Waals surface area contributed by atoms with E-state index < -0.39 is 0 Å². The first-order valence-corrected chi connectivity index (χ1v) is 1.48. The second-order valence-electron chi connectivity index (χ2n) is 0.664. The molecule has 0 aromatic rings. The number of rotatable bonds is 1. The van der Waals surface area contributed by atoms with Gasteiger partial charge in [-0.3, -0.25) is 0 Å². The number of hydrogen-bond acceptors (Lipinski definition) is 0. The van der Waals surface area contributed by atoms with Crippen LogP contribution >= 0.6 is 0 Å². The minimum absolute atomic E-state index is 0. The smallest absolute Gasteiger partial charge is 0.245 e. The molecule has 0 heterocycles. The molecule has 0 nitrogen and oxygen atoms in total. The van der Waals surface area contributed by atoms with Gasteiger partial charge in [-0.05, 0) is 0 Å². The van der Waals surface area contributed by atoms with E-state index in [1.165, 1.54) is 0 Å². The fourth-order valence-corrected chi connectivity index (χ4v) is 0.0962. The number of allylic oxidation sites excluding steroid dienone is 3. The van der Waals surface area contributed by atoms with E-state index in [0.717, 1.165) is 0 Å². The van der Waals surface area contributed by atoms with Crippen molar-refractivity contribution in [2.45, 2.75) is 0 Å². The Labute approximate surface area is 81.7 Å². The quantitative estimate of drug-likeness (QED) is 0.218. The molecule has 0 bridgehead atoms. The van der Waals surface area contributed by atoms with Gasteiger partial charge in [0.15, 0.2) is 0 Å². The van der Waals surface area contributed by atoms with Gasteiger partial charge < -0.3 is 0 Å². The summed E-state index contributed by atoms with van der Waals surface area (Å²) in [6, 6.07) is 0. The van der Waals surface area contributed by atoms with Crippen LogP contribution in [-0.2, 0) is 0 Å². The van der Waals surface area contributed by atoms with E-state index in [-0.39, 0.29) is 51.4 Å². The van der Waals surface area contributed by atoms with Crippen molar-refractivity contribution in [3.05, 3.63) is 31.7 Å². The standard InChI is InChI=1S/C5H7.K/c1-3-5-4-2;/h3-5H,1-2H2;/q-1;+1. The summed E-state index contributed by atoms with van der Waals surface area (Å²) in [5.41, 5.74) is 0. The molecule has 0 aromatic heterocycles. The van der Waals surface area contributed by atoms with Gasteiger partial charge in [-0.2, -0.15) is 6.08 Å². The zero-order valence-electron chi connectivity index (χ0n) is 4.15. The maximum absolute atomic E-state index is 3.42. The number of hydrogen-bond donors (Lipinski definition) is 0. The maximum Gasteiger partial charge on any atom is 1.00 e. The molecule has 0 aliphatic heterocycles. The minimum atomic E-state index is 0. The molecule has 0 radical (unpaired) electrons. The van der Waals surface area contributed by atoms with Crippen LogP contribution in [-0.4, -0.2) is 0 Å². The third-order valence-electron chi connectivity index (χ3n) is 0.272. The van der Waals surface area contributed by atoms with Crippen molar-refractivity contribution in [2.75, 3.05) is 0 Å². The van der Waals surface area contributed by atoms with Gasteiger partial charge in [-0.25, -0.2) is 19.1 Å². The third-order valence-corrected chi connectivity index (χ3v) is 0.272. The third kappa shape index (κ3) is 8.88. The van der Waals surface area contributed by atoms with E-state index in [4.69, 9.17) is 0 Å². The van der Waals surface area contributed by atoms with Crippen molar-refractivity contribution in [3.63, 3.8) is 0 Å².